The van der Waals surface area contributed by atoms with Crippen LogP contribution in [0.5, 0.6) is 11.5 Å². The first-order valence-corrected chi connectivity index (χ1v) is 12.7. The van der Waals surface area contributed by atoms with Gasteiger partial charge in [0, 0.05) is 23.2 Å². The van der Waals surface area contributed by atoms with Gasteiger partial charge in [-0.2, -0.15) is 0 Å². The normalized spacial score (nSPS) is 23.3. The molecular formula is C26H34N4O3S. The van der Waals surface area contributed by atoms with Crippen LogP contribution in [0.3, 0.4) is 0 Å². The van der Waals surface area contributed by atoms with Gasteiger partial charge in [-0.15, -0.1) is 0 Å². The minimum Gasteiger partial charge on any atom is -0.464 e. The molecule has 0 saturated carbocycles. The van der Waals surface area contributed by atoms with E-state index in [-0.39, 0.29) is 18.5 Å². The van der Waals surface area contributed by atoms with E-state index in [1.807, 2.05) is 24.3 Å². The van der Waals surface area contributed by atoms with Crippen molar-refractivity contribution in [2.75, 3.05) is 13.8 Å². The van der Waals surface area contributed by atoms with Gasteiger partial charge in [-0.3, -0.25) is 15.4 Å². The highest BCUT2D eigenvalue weighted by molar-refractivity contribution is 8.14. The van der Waals surface area contributed by atoms with Gasteiger partial charge in [0.1, 0.15) is 17.6 Å². The summed E-state index contributed by atoms with van der Waals surface area (Å²) in [7, 11) is 1.79. The first-order valence-electron chi connectivity index (χ1n) is 11.9. The van der Waals surface area contributed by atoms with Crippen molar-refractivity contribution in [3.8, 4) is 22.8 Å². The molecule has 4 rings (SSSR count). The molecule has 8 heteroatoms. The van der Waals surface area contributed by atoms with Crippen molar-refractivity contribution in [2.24, 2.45) is 33.5 Å². The van der Waals surface area contributed by atoms with E-state index in [4.69, 9.17) is 30.0 Å². The molecule has 3 unspecified atom stereocenters. The van der Waals surface area contributed by atoms with Crippen LogP contribution in [-0.4, -0.2) is 36.5 Å². The second-order valence-corrected chi connectivity index (χ2v) is 10.5. The van der Waals surface area contributed by atoms with Gasteiger partial charge in [-0.1, -0.05) is 45.4 Å². The van der Waals surface area contributed by atoms with E-state index in [1.165, 1.54) is 6.42 Å². The van der Waals surface area contributed by atoms with Crippen LogP contribution in [-0.2, 0) is 0 Å². The van der Waals surface area contributed by atoms with Crippen molar-refractivity contribution in [1.82, 2.24) is 0 Å². The van der Waals surface area contributed by atoms with E-state index in [2.05, 4.69) is 25.8 Å². The van der Waals surface area contributed by atoms with Crippen LogP contribution in [0.1, 0.15) is 46.5 Å². The lowest BCUT2D eigenvalue weighted by molar-refractivity contribution is 0.174. The van der Waals surface area contributed by atoms with Crippen LogP contribution < -0.4 is 15.2 Å². The van der Waals surface area contributed by atoms with Crippen molar-refractivity contribution in [3.05, 3.63) is 30.5 Å². The summed E-state index contributed by atoms with van der Waals surface area (Å²) in [6, 6.07) is 7.24. The van der Waals surface area contributed by atoms with Gasteiger partial charge in [0.25, 0.3) is 0 Å². The molecule has 3 heterocycles. The number of rotatable bonds is 7. The lowest BCUT2D eigenvalue weighted by atomic mass is 9.82. The number of fused-ring (bicyclic) bond motifs is 1. The van der Waals surface area contributed by atoms with Gasteiger partial charge in [0.05, 0.1) is 11.3 Å². The molecule has 2 aromatic rings. The first-order chi connectivity index (χ1) is 16.4. The molecular weight excluding hydrogens is 448 g/mol. The van der Waals surface area contributed by atoms with Gasteiger partial charge in [0.2, 0.25) is 6.79 Å². The quantitative estimate of drug-likeness (QED) is 0.370. The standard InChI is InChI=1S/C26H34N4O3S/c1-15(2)7-5-8-17-11-23(30-25(26(27)28)24(29-4)16(17)3)34-22-13-21-20(32-14-33-21)12-18(22)19-9-6-10-31-19/h6,9-10,12-13,15-17,25H,5,7-8,11,14H2,1-4H3,(H3,27,28). The van der Waals surface area contributed by atoms with Gasteiger partial charge in [-0.25, -0.2) is 0 Å². The molecule has 2 aliphatic heterocycles. The zero-order valence-electron chi connectivity index (χ0n) is 20.3. The number of ether oxygens (including phenoxy) is 2. The van der Waals surface area contributed by atoms with Gasteiger partial charge in [0.15, 0.2) is 11.5 Å². The molecule has 0 spiro atoms. The van der Waals surface area contributed by atoms with E-state index < -0.39 is 6.04 Å². The average molecular weight is 483 g/mol. The fourth-order valence-corrected chi connectivity index (χ4v) is 5.82. The highest BCUT2D eigenvalue weighted by Gasteiger charge is 2.34. The van der Waals surface area contributed by atoms with Crippen LogP contribution in [0.25, 0.3) is 11.3 Å². The number of hydrogen-bond acceptors (Lipinski definition) is 7. The molecule has 0 bridgehead atoms. The van der Waals surface area contributed by atoms with Crippen molar-refractivity contribution in [3.63, 3.8) is 0 Å². The lowest BCUT2D eigenvalue weighted by Crippen LogP contribution is -2.38. The Hall–Kier alpha value is -2.74. The first kappa shape index (κ1) is 24.4. The maximum Gasteiger partial charge on any atom is 0.231 e. The fraction of sp³-hybridized carbons (Fsp3) is 0.500. The topological polar surface area (TPSA) is 106 Å². The molecule has 0 radical (unpaired) electrons. The van der Waals surface area contributed by atoms with Gasteiger partial charge < -0.3 is 19.6 Å². The number of aliphatic imine (C=N–C) groups is 2. The SMILES string of the molecule is CN=C1C(C(=N)N)N=C(Sc2cc3c(cc2-c2ccco2)OCO3)CC(CCCC(C)C)C1C. The van der Waals surface area contributed by atoms with Crippen LogP contribution in [0.2, 0.25) is 0 Å². The Morgan fingerprint density at radius 1 is 1.29 bits per heavy atom. The molecule has 1 aromatic heterocycles. The summed E-state index contributed by atoms with van der Waals surface area (Å²) in [5.74, 6) is 3.48. The predicted octanol–water partition coefficient (Wildman–Crippen LogP) is 6.02. The summed E-state index contributed by atoms with van der Waals surface area (Å²) in [6.07, 6.45) is 5.93. The molecule has 1 aromatic carbocycles. The minimum atomic E-state index is -0.529. The monoisotopic (exact) mass is 482 g/mol. The molecule has 34 heavy (non-hydrogen) atoms. The Bertz CT molecular complexity index is 1080. The molecule has 0 fully saturated rings. The number of nitrogens with zero attached hydrogens (tertiary/aromatic N) is 2. The van der Waals surface area contributed by atoms with E-state index in [9.17, 15) is 0 Å². The van der Waals surface area contributed by atoms with Crippen molar-refractivity contribution >= 4 is 28.4 Å². The van der Waals surface area contributed by atoms with Crippen LogP contribution in [0.4, 0.5) is 0 Å². The number of benzene rings is 1. The highest BCUT2D eigenvalue weighted by atomic mass is 32.2. The molecule has 0 amide bonds. The Morgan fingerprint density at radius 2 is 2.06 bits per heavy atom. The molecule has 3 atom stereocenters. The number of furan rings is 1. The Labute approximate surface area is 205 Å². The Kier molecular flexibility index (Phi) is 7.66. The van der Waals surface area contributed by atoms with E-state index in [1.54, 1.807) is 25.1 Å². The molecule has 0 aliphatic carbocycles. The second kappa shape index (κ2) is 10.7. The summed E-state index contributed by atoms with van der Waals surface area (Å²) in [5, 5.41) is 9.18. The number of nitrogens with one attached hydrogen (secondary N) is 1. The van der Waals surface area contributed by atoms with Gasteiger partial charge in [-0.05, 0) is 54.9 Å². The summed E-state index contributed by atoms with van der Waals surface area (Å²) in [4.78, 5) is 10.5. The molecule has 3 N–H and O–H groups in total. The molecule has 7 nitrogen and oxygen atoms in total. The summed E-state index contributed by atoms with van der Waals surface area (Å²) >= 11 is 1.60. The average Bonchev–Trinajstić information content (AvgIpc) is 3.46. The third kappa shape index (κ3) is 5.32. The third-order valence-electron chi connectivity index (χ3n) is 6.56. The summed E-state index contributed by atoms with van der Waals surface area (Å²) in [5.41, 5.74) is 7.85. The Balaban J connectivity index is 1.69. The number of nitrogens with two attached hydrogens (primary N) is 1. The molecule has 182 valence electrons. The largest absolute Gasteiger partial charge is 0.464 e. The van der Waals surface area contributed by atoms with E-state index in [0.29, 0.717) is 23.3 Å². The number of thioether (sulfide) groups is 1. The summed E-state index contributed by atoms with van der Waals surface area (Å²) in [6.45, 7) is 6.94. The maximum atomic E-state index is 8.23. The maximum absolute atomic E-state index is 8.23. The number of amidine groups is 1. The Morgan fingerprint density at radius 3 is 2.71 bits per heavy atom. The second-order valence-electron chi connectivity index (χ2n) is 9.39. The predicted molar refractivity (Wildman–Crippen MR) is 139 cm³/mol. The molecule has 0 saturated heterocycles. The van der Waals surface area contributed by atoms with Crippen molar-refractivity contribution in [1.29, 1.82) is 5.41 Å². The highest BCUT2D eigenvalue weighted by Crippen LogP contribution is 2.44. The fourth-order valence-electron chi connectivity index (χ4n) is 4.68. The van der Waals surface area contributed by atoms with Crippen LogP contribution >= 0.6 is 11.8 Å². The van der Waals surface area contributed by atoms with E-state index in [0.717, 1.165) is 46.2 Å². The van der Waals surface area contributed by atoms with E-state index >= 15 is 0 Å². The lowest BCUT2D eigenvalue weighted by Gasteiger charge is -2.25. The minimum absolute atomic E-state index is 0.0327. The molecule has 2 aliphatic rings. The zero-order chi connectivity index (χ0) is 24.2. The van der Waals surface area contributed by atoms with Gasteiger partial charge >= 0.3 is 0 Å². The third-order valence-corrected chi connectivity index (χ3v) is 7.63. The van der Waals surface area contributed by atoms with Crippen LogP contribution in [0.15, 0.2) is 49.8 Å². The van der Waals surface area contributed by atoms with Crippen LogP contribution in [0, 0.1) is 23.2 Å². The van der Waals surface area contributed by atoms with Crippen molar-refractivity contribution in [2.45, 2.75) is 57.4 Å². The number of hydrogen-bond donors (Lipinski definition) is 2. The van der Waals surface area contributed by atoms with Crippen molar-refractivity contribution < 1.29 is 13.9 Å². The summed E-state index contributed by atoms with van der Waals surface area (Å²) < 4.78 is 17.0. The smallest absolute Gasteiger partial charge is 0.231 e. The zero-order valence-corrected chi connectivity index (χ0v) is 21.2.